The van der Waals surface area contributed by atoms with Crippen molar-refractivity contribution in [2.45, 2.75) is 12.5 Å². The third-order valence-corrected chi connectivity index (χ3v) is 4.01. The normalized spacial score (nSPS) is 14.3. The van der Waals surface area contributed by atoms with Crippen LogP contribution in [0.5, 0.6) is 0 Å². The summed E-state index contributed by atoms with van der Waals surface area (Å²) < 4.78 is 29.9. The van der Waals surface area contributed by atoms with Crippen LogP contribution in [0.25, 0.3) is 0 Å². The minimum absolute atomic E-state index is 0.251. The second-order valence-electron chi connectivity index (χ2n) is 4.23. The summed E-state index contributed by atoms with van der Waals surface area (Å²) in [5.41, 5.74) is -1.62. The molecule has 2 N–H and O–H groups in total. The predicted molar refractivity (Wildman–Crippen MR) is 70.4 cm³/mol. The van der Waals surface area contributed by atoms with Gasteiger partial charge in [0.2, 0.25) is 10.0 Å². The Morgan fingerprint density at radius 3 is 2.30 bits per heavy atom. The van der Waals surface area contributed by atoms with Crippen molar-refractivity contribution in [1.29, 1.82) is 0 Å². The van der Waals surface area contributed by atoms with E-state index in [2.05, 4.69) is 4.74 Å². The number of methoxy groups -OCH3 is 1. The molecule has 0 heterocycles. The highest BCUT2D eigenvalue weighted by Crippen LogP contribution is 2.22. The first kappa shape index (κ1) is 16.1. The van der Waals surface area contributed by atoms with Crippen molar-refractivity contribution < 1.29 is 27.9 Å². The molecule has 20 heavy (non-hydrogen) atoms. The Balaban J connectivity index is 3.11. The predicted octanol–water partition coefficient (Wildman–Crippen LogP) is 0.0788. The van der Waals surface area contributed by atoms with E-state index in [-0.39, 0.29) is 5.56 Å². The number of carbonyl (C=O) groups is 2. The summed E-state index contributed by atoms with van der Waals surface area (Å²) in [5.74, 6) is -3.30. The number of nitrogens with one attached hydrogen (secondary N) is 1. The van der Waals surface area contributed by atoms with Crippen LogP contribution in [0.15, 0.2) is 30.3 Å². The van der Waals surface area contributed by atoms with Gasteiger partial charge in [0, 0.05) is 0 Å². The number of carboxylic acids is 1. The Morgan fingerprint density at radius 1 is 1.30 bits per heavy atom. The first-order valence-corrected chi connectivity index (χ1v) is 7.24. The molecule has 0 amide bonds. The van der Waals surface area contributed by atoms with Crippen LogP contribution >= 0.6 is 0 Å². The van der Waals surface area contributed by atoms with Gasteiger partial charge in [-0.25, -0.2) is 13.2 Å². The molecule has 0 aliphatic carbocycles. The van der Waals surface area contributed by atoms with Gasteiger partial charge in [0.25, 0.3) is 0 Å². The maximum atomic E-state index is 11.8. The summed E-state index contributed by atoms with van der Waals surface area (Å²) in [6.07, 6.45) is 0. The number of rotatable bonds is 6. The lowest BCUT2D eigenvalue weighted by Crippen LogP contribution is -2.50. The number of aliphatic carboxylic acids is 1. The molecule has 1 unspecified atom stereocenters. The number of esters is 1. The summed E-state index contributed by atoms with van der Waals surface area (Å²) in [5, 5.41) is 9.30. The van der Waals surface area contributed by atoms with Crippen molar-refractivity contribution in [3.63, 3.8) is 0 Å². The van der Waals surface area contributed by atoms with E-state index in [0.29, 0.717) is 0 Å². The van der Waals surface area contributed by atoms with Crippen LogP contribution < -0.4 is 4.72 Å². The molecule has 0 fully saturated rings. The van der Waals surface area contributed by atoms with Gasteiger partial charge < -0.3 is 9.84 Å². The average Bonchev–Trinajstić information content (AvgIpc) is 2.38. The lowest BCUT2D eigenvalue weighted by molar-refractivity contribution is -0.144. The summed E-state index contributed by atoms with van der Waals surface area (Å²) in [4.78, 5) is 22.4. The molecule has 8 heteroatoms. The summed E-state index contributed by atoms with van der Waals surface area (Å²) in [7, 11) is -3.10. The standard InChI is InChI=1S/C12H15NO6S/c1-12(11(15)16,9-6-4-3-5-7-9)13-20(17,18)8-10(14)19-2/h3-7,13H,8H2,1-2H3,(H,15,16). The zero-order chi connectivity index (χ0) is 15.4. The van der Waals surface area contributed by atoms with Crippen molar-refractivity contribution in [1.82, 2.24) is 4.72 Å². The fraction of sp³-hybridized carbons (Fsp3) is 0.333. The van der Waals surface area contributed by atoms with Crippen LogP contribution in [0.2, 0.25) is 0 Å². The Hall–Kier alpha value is -1.93. The van der Waals surface area contributed by atoms with Crippen molar-refractivity contribution in [2.75, 3.05) is 12.9 Å². The van der Waals surface area contributed by atoms with Crippen LogP contribution in [-0.4, -0.2) is 38.3 Å². The van der Waals surface area contributed by atoms with Gasteiger partial charge in [-0.3, -0.25) is 4.79 Å². The monoisotopic (exact) mass is 301 g/mol. The molecule has 1 atom stereocenters. The molecule has 1 aromatic rings. The van der Waals surface area contributed by atoms with E-state index in [9.17, 15) is 23.1 Å². The third-order valence-electron chi connectivity index (χ3n) is 2.67. The molecule has 7 nitrogen and oxygen atoms in total. The van der Waals surface area contributed by atoms with Crippen LogP contribution in [-0.2, 0) is 29.9 Å². The fourth-order valence-corrected chi connectivity index (χ4v) is 2.89. The maximum Gasteiger partial charge on any atom is 0.329 e. The van der Waals surface area contributed by atoms with Gasteiger partial charge in [-0.2, -0.15) is 4.72 Å². The van der Waals surface area contributed by atoms with Gasteiger partial charge in [0.05, 0.1) is 7.11 Å². The molecule has 0 aliphatic heterocycles. The minimum Gasteiger partial charge on any atom is -0.480 e. The summed E-state index contributed by atoms with van der Waals surface area (Å²) in [6.45, 7) is 1.21. The Bertz CT molecular complexity index is 598. The highest BCUT2D eigenvalue weighted by atomic mass is 32.2. The van der Waals surface area contributed by atoms with Crippen LogP contribution in [0.1, 0.15) is 12.5 Å². The highest BCUT2D eigenvalue weighted by molar-refractivity contribution is 7.90. The first-order valence-electron chi connectivity index (χ1n) is 5.58. The molecule has 0 saturated carbocycles. The Labute approximate surface area is 116 Å². The number of hydrogen-bond acceptors (Lipinski definition) is 5. The zero-order valence-corrected chi connectivity index (χ0v) is 11.8. The molecular formula is C12H15NO6S. The van der Waals surface area contributed by atoms with Crippen molar-refractivity contribution in [3.8, 4) is 0 Å². The van der Waals surface area contributed by atoms with E-state index in [1.165, 1.54) is 19.1 Å². The van der Waals surface area contributed by atoms with Gasteiger partial charge in [0.15, 0.2) is 11.3 Å². The Kier molecular flexibility index (Phi) is 4.85. The number of benzene rings is 1. The van der Waals surface area contributed by atoms with Gasteiger partial charge >= 0.3 is 11.9 Å². The first-order chi connectivity index (χ1) is 9.21. The fourth-order valence-electron chi connectivity index (χ4n) is 1.56. The van der Waals surface area contributed by atoms with E-state index < -0.39 is 33.3 Å². The summed E-state index contributed by atoms with van der Waals surface area (Å²) in [6, 6.07) is 7.81. The zero-order valence-electron chi connectivity index (χ0n) is 11.0. The lowest BCUT2D eigenvalue weighted by atomic mass is 9.94. The number of hydrogen-bond donors (Lipinski definition) is 2. The van der Waals surface area contributed by atoms with Crippen molar-refractivity contribution >= 4 is 22.0 Å². The average molecular weight is 301 g/mol. The van der Waals surface area contributed by atoms with E-state index >= 15 is 0 Å². The number of ether oxygens (including phenoxy) is 1. The van der Waals surface area contributed by atoms with Crippen molar-refractivity contribution in [3.05, 3.63) is 35.9 Å². The molecule has 0 aromatic heterocycles. The number of sulfonamides is 1. The van der Waals surface area contributed by atoms with Gasteiger partial charge in [-0.1, -0.05) is 30.3 Å². The Morgan fingerprint density at radius 2 is 1.85 bits per heavy atom. The summed E-state index contributed by atoms with van der Waals surface area (Å²) >= 11 is 0. The molecule has 0 radical (unpaired) electrons. The molecule has 1 aromatic carbocycles. The smallest absolute Gasteiger partial charge is 0.329 e. The van der Waals surface area contributed by atoms with Crippen LogP contribution in [0.4, 0.5) is 0 Å². The van der Waals surface area contributed by atoms with Gasteiger partial charge in [0.1, 0.15) is 0 Å². The largest absolute Gasteiger partial charge is 0.480 e. The van der Waals surface area contributed by atoms with Crippen molar-refractivity contribution in [2.24, 2.45) is 0 Å². The van der Waals surface area contributed by atoms with E-state index in [4.69, 9.17) is 0 Å². The number of carboxylic acid groups (broad SMARTS) is 1. The molecule has 0 aliphatic rings. The molecule has 0 spiro atoms. The van der Waals surface area contributed by atoms with Crippen LogP contribution in [0.3, 0.4) is 0 Å². The van der Waals surface area contributed by atoms with E-state index in [1.54, 1.807) is 18.2 Å². The molecular weight excluding hydrogens is 286 g/mol. The molecule has 0 saturated heterocycles. The SMILES string of the molecule is COC(=O)CS(=O)(=O)NC(C)(C(=O)O)c1ccccc1. The van der Waals surface area contributed by atoms with Gasteiger partial charge in [-0.15, -0.1) is 0 Å². The highest BCUT2D eigenvalue weighted by Gasteiger charge is 2.39. The molecule has 0 bridgehead atoms. The quantitative estimate of drug-likeness (QED) is 0.720. The lowest BCUT2D eigenvalue weighted by Gasteiger charge is -2.26. The second-order valence-corrected chi connectivity index (χ2v) is 5.96. The van der Waals surface area contributed by atoms with Gasteiger partial charge in [-0.05, 0) is 12.5 Å². The maximum absolute atomic E-state index is 11.8. The molecule has 110 valence electrons. The van der Waals surface area contributed by atoms with E-state index in [1.807, 2.05) is 4.72 Å². The second kappa shape index (κ2) is 6.02. The third kappa shape index (κ3) is 3.78. The minimum atomic E-state index is -4.15. The number of carbonyl (C=O) groups excluding carboxylic acids is 1. The van der Waals surface area contributed by atoms with E-state index in [0.717, 1.165) is 7.11 Å². The molecule has 1 rings (SSSR count). The van der Waals surface area contributed by atoms with Crippen LogP contribution in [0, 0.1) is 0 Å². The topological polar surface area (TPSA) is 110 Å².